The molecule has 104 valence electrons. The van der Waals surface area contributed by atoms with E-state index < -0.39 is 0 Å². The van der Waals surface area contributed by atoms with E-state index >= 15 is 0 Å². The molecule has 6 heteroatoms. The first-order chi connectivity index (χ1) is 9.49. The molecule has 0 fully saturated rings. The van der Waals surface area contributed by atoms with Gasteiger partial charge in [0.1, 0.15) is 11.0 Å². The van der Waals surface area contributed by atoms with Crippen LogP contribution in [0.5, 0.6) is 0 Å². The number of halogens is 1. The number of carbonyl (C=O) groups is 1. The Kier molecular flexibility index (Phi) is 4.34. The summed E-state index contributed by atoms with van der Waals surface area (Å²) in [5, 5.41) is 2.78. The molecule has 2 aromatic rings. The first kappa shape index (κ1) is 14.5. The van der Waals surface area contributed by atoms with Crippen LogP contribution in [0.25, 0.3) is 0 Å². The van der Waals surface area contributed by atoms with Crippen LogP contribution in [0.3, 0.4) is 0 Å². The molecule has 1 N–H and O–H groups in total. The van der Waals surface area contributed by atoms with Crippen LogP contribution in [0.1, 0.15) is 11.3 Å². The molecule has 1 amide bonds. The second-order valence-corrected chi connectivity index (χ2v) is 5.23. The van der Waals surface area contributed by atoms with Gasteiger partial charge in [-0.05, 0) is 41.4 Å². The third-order valence-corrected chi connectivity index (χ3v) is 3.80. The second kappa shape index (κ2) is 6.00. The van der Waals surface area contributed by atoms with Gasteiger partial charge in [0.05, 0.1) is 12.0 Å². The number of hydrogen-bond acceptors (Lipinski definition) is 3. The molecule has 0 aliphatic carbocycles. The molecule has 0 bridgehead atoms. The van der Waals surface area contributed by atoms with Crippen molar-refractivity contribution in [3.63, 3.8) is 0 Å². The molecule has 0 radical (unpaired) electrons. The molecule has 1 aromatic heterocycles. The van der Waals surface area contributed by atoms with Gasteiger partial charge >= 0.3 is 0 Å². The van der Waals surface area contributed by atoms with Crippen molar-refractivity contribution in [3.8, 4) is 0 Å². The second-order valence-electron chi connectivity index (χ2n) is 4.44. The van der Waals surface area contributed by atoms with Crippen molar-refractivity contribution >= 4 is 27.5 Å². The van der Waals surface area contributed by atoms with Crippen molar-refractivity contribution in [3.05, 3.63) is 56.7 Å². The molecular formula is C14H14BrN3O2. The average molecular weight is 336 g/mol. The maximum Gasteiger partial charge on any atom is 0.268 e. The van der Waals surface area contributed by atoms with E-state index in [0.717, 1.165) is 11.3 Å². The fraction of sp³-hybridized carbons (Fsp3) is 0.214. The number of nitrogens with zero attached hydrogens (tertiary/aromatic N) is 2. The Balaban J connectivity index is 2.15. The Morgan fingerprint density at radius 1 is 1.35 bits per heavy atom. The lowest BCUT2D eigenvalue weighted by molar-refractivity contribution is -0.116. The summed E-state index contributed by atoms with van der Waals surface area (Å²) >= 11 is 3.17. The summed E-state index contributed by atoms with van der Waals surface area (Å²) in [6.07, 6.45) is 1.37. The van der Waals surface area contributed by atoms with Gasteiger partial charge in [-0.1, -0.05) is 18.2 Å². The van der Waals surface area contributed by atoms with E-state index in [9.17, 15) is 9.59 Å². The Bertz CT molecular complexity index is 710. The van der Waals surface area contributed by atoms with Crippen molar-refractivity contribution in [1.29, 1.82) is 0 Å². The number of amides is 1. The highest BCUT2D eigenvalue weighted by molar-refractivity contribution is 9.10. The molecule has 0 atom stereocenters. The Morgan fingerprint density at radius 2 is 2.05 bits per heavy atom. The zero-order chi connectivity index (χ0) is 14.7. The summed E-state index contributed by atoms with van der Waals surface area (Å²) in [5.41, 5.74) is 2.05. The maximum atomic E-state index is 12.0. The van der Waals surface area contributed by atoms with Crippen molar-refractivity contribution in [2.24, 2.45) is 0 Å². The van der Waals surface area contributed by atoms with E-state index in [1.165, 1.54) is 10.9 Å². The van der Waals surface area contributed by atoms with Crippen molar-refractivity contribution in [2.75, 3.05) is 5.32 Å². The Labute approximate surface area is 124 Å². The predicted octanol–water partition coefficient (Wildman–Crippen LogP) is 2.26. The highest BCUT2D eigenvalue weighted by Gasteiger charge is 2.10. The summed E-state index contributed by atoms with van der Waals surface area (Å²) in [5.74, 6) is -0.265. The summed E-state index contributed by atoms with van der Waals surface area (Å²) < 4.78 is 1.65. The molecule has 0 aliphatic rings. The summed E-state index contributed by atoms with van der Waals surface area (Å²) in [7, 11) is 0. The quantitative estimate of drug-likeness (QED) is 0.935. The Hall–Kier alpha value is -1.95. The largest absolute Gasteiger partial charge is 0.324 e. The molecule has 20 heavy (non-hydrogen) atoms. The highest BCUT2D eigenvalue weighted by Crippen LogP contribution is 2.13. The van der Waals surface area contributed by atoms with Crippen LogP contribution in [0.15, 0.2) is 39.9 Å². The van der Waals surface area contributed by atoms with E-state index in [-0.39, 0.29) is 18.0 Å². The molecule has 1 heterocycles. The van der Waals surface area contributed by atoms with E-state index in [0.29, 0.717) is 10.2 Å². The fourth-order valence-electron chi connectivity index (χ4n) is 1.72. The zero-order valence-corrected chi connectivity index (χ0v) is 12.8. The third kappa shape index (κ3) is 3.14. The minimum atomic E-state index is -0.266. The fourth-order valence-corrected chi connectivity index (χ4v) is 2.05. The van der Waals surface area contributed by atoms with Gasteiger partial charge in [0, 0.05) is 5.69 Å². The van der Waals surface area contributed by atoms with Gasteiger partial charge in [0.15, 0.2) is 0 Å². The van der Waals surface area contributed by atoms with Crippen molar-refractivity contribution in [1.82, 2.24) is 9.55 Å². The lowest BCUT2D eigenvalue weighted by Gasteiger charge is -2.09. The van der Waals surface area contributed by atoms with Crippen molar-refractivity contribution in [2.45, 2.75) is 20.4 Å². The lowest BCUT2D eigenvalue weighted by atomic mass is 10.2. The summed E-state index contributed by atoms with van der Waals surface area (Å²) in [6.45, 7) is 3.56. The number of rotatable bonds is 3. The van der Waals surface area contributed by atoms with Gasteiger partial charge in [-0.2, -0.15) is 0 Å². The van der Waals surface area contributed by atoms with Crippen LogP contribution in [0.2, 0.25) is 0 Å². The zero-order valence-electron chi connectivity index (χ0n) is 11.2. The highest BCUT2D eigenvalue weighted by atomic mass is 79.9. The molecule has 0 unspecified atom stereocenters. The number of aromatic nitrogens is 2. The van der Waals surface area contributed by atoms with Gasteiger partial charge in [-0.25, -0.2) is 4.98 Å². The standard InChI is InChI=1S/C14H14BrN3O2/c1-9-5-3-4-6-11(9)17-12(19)7-18-8-16-10(2)13(15)14(18)20/h3-6,8H,7H2,1-2H3,(H,17,19). The van der Waals surface area contributed by atoms with E-state index in [1.54, 1.807) is 6.92 Å². The topological polar surface area (TPSA) is 64.0 Å². The third-order valence-electron chi connectivity index (χ3n) is 2.89. The number of carbonyl (C=O) groups excluding carboxylic acids is 1. The van der Waals surface area contributed by atoms with Crippen molar-refractivity contribution < 1.29 is 4.79 Å². The minimum Gasteiger partial charge on any atom is -0.324 e. The molecule has 0 saturated heterocycles. The number of hydrogen-bond donors (Lipinski definition) is 1. The van der Waals surface area contributed by atoms with Crippen LogP contribution in [-0.4, -0.2) is 15.5 Å². The van der Waals surface area contributed by atoms with E-state index in [4.69, 9.17) is 0 Å². The van der Waals surface area contributed by atoms with Gasteiger partial charge in [0.25, 0.3) is 5.56 Å². The molecule has 5 nitrogen and oxygen atoms in total. The first-order valence-corrected chi connectivity index (χ1v) is 6.85. The molecule has 0 spiro atoms. The van der Waals surface area contributed by atoms with Gasteiger partial charge in [0.2, 0.25) is 5.91 Å². The average Bonchev–Trinajstić information content (AvgIpc) is 2.42. The van der Waals surface area contributed by atoms with Gasteiger partial charge in [-0.3, -0.25) is 14.2 Å². The summed E-state index contributed by atoms with van der Waals surface area (Å²) in [6, 6.07) is 7.47. The molecule has 2 rings (SSSR count). The maximum absolute atomic E-state index is 12.0. The SMILES string of the molecule is Cc1ccccc1NC(=O)Cn1cnc(C)c(Br)c1=O. The summed E-state index contributed by atoms with van der Waals surface area (Å²) in [4.78, 5) is 28.0. The van der Waals surface area contributed by atoms with E-state index in [2.05, 4.69) is 26.2 Å². The molecule has 0 aliphatic heterocycles. The molecule has 0 saturated carbocycles. The predicted molar refractivity (Wildman–Crippen MR) is 80.7 cm³/mol. The van der Waals surface area contributed by atoms with Crippen LogP contribution in [0.4, 0.5) is 5.69 Å². The lowest BCUT2D eigenvalue weighted by Crippen LogP contribution is -2.28. The smallest absolute Gasteiger partial charge is 0.268 e. The Morgan fingerprint density at radius 3 is 2.75 bits per heavy atom. The number of anilines is 1. The first-order valence-electron chi connectivity index (χ1n) is 6.06. The van der Waals surface area contributed by atoms with E-state index in [1.807, 2.05) is 31.2 Å². The van der Waals surface area contributed by atoms with Gasteiger partial charge in [-0.15, -0.1) is 0 Å². The number of aryl methyl sites for hydroxylation is 2. The van der Waals surface area contributed by atoms with Crippen LogP contribution in [-0.2, 0) is 11.3 Å². The van der Waals surface area contributed by atoms with Gasteiger partial charge < -0.3 is 5.32 Å². The molecule has 1 aromatic carbocycles. The monoisotopic (exact) mass is 335 g/mol. The number of benzene rings is 1. The normalized spacial score (nSPS) is 10.3. The van der Waals surface area contributed by atoms with Crippen LogP contribution < -0.4 is 10.9 Å². The van der Waals surface area contributed by atoms with Crippen LogP contribution >= 0.6 is 15.9 Å². The van der Waals surface area contributed by atoms with Crippen LogP contribution in [0, 0.1) is 13.8 Å². The number of nitrogens with one attached hydrogen (secondary N) is 1. The minimum absolute atomic E-state index is 0.0704. The number of para-hydroxylation sites is 1. The molecular weight excluding hydrogens is 322 g/mol.